The summed E-state index contributed by atoms with van der Waals surface area (Å²) in [5.41, 5.74) is 0. The molecule has 80 valence electrons. The molecule has 0 aromatic carbocycles. The van der Waals surface area contributed by atoms with E-state index in [1.807, 2.05) is 41.5 Å². The topological polar surface area (TPSA) is 9.23 Å². The quantitative estimate of drug-likeness (QED) is 0.653. The summed E-state index contributed by atoms with van der Waals surface area (Å²) in [6.45, 7) is 11.8. The lowest BCUT2D eigenvalue weighted by atomic mass is 10.1. The maximum absolute atomic E-state index is 6.19. The summed E-state index contributed by atoms with van der Waals surface area (Å²) in [6, 6.07) is 0. The minimum absolute atomic E-state index is 0.228. The summed E-state index contributed by atoms with van der Waals surface area (Å²) in [4.78, 5) is 0. The summed E-state index contributed by atoms with van der Waals surface area (Å²) in [7, 11) is 0. The van der Waals surface area contributed by atoms with Gasteiger partial charge in [-0.15, -0.1) is 0 Å². The van der Waals surface area contributed by atoms with Crippen LogP contribution in [-0.4, -0.2) is 10.1 Å². The lowest BCUT2D eigenvalue weighted by Crippen LogP contribution is -2.40. The molecule has 0 fully saturated rings. The van der Waals surface area contributed by atoms with Crippen LogP contribution in [0.1, 0.15) is 41.5 Å². The standard InChI is InChI=1S/C10H20Cl2O/c1-7(2)9(5,11)13-10(6,12)8(3)4/h7-8H,1-6H3. The summed E-state index contributed by atoms with van der Waals surface area (Å²) in [6.07, 6.45) is 0. The Morgan fingerprint density at radius 2 is 1.08 bits per heavy atom. The lowest BCUT2D eigenvalue weighted by Gasteiger charge is -2.37. The monoisotopic (exact) mass is 226 g/mol. The molecule has 0 bridgehead atoms. The summed E-state index contributed by atoms with van der Waals surface area (Å²) in [5.74, 6) is 0.456. The predicted octanol–water partition coefficient (Wildman–Crippen LogP) is 4.23. The number of hydrogen-bond acceptors (Lipinski definition) is 1. The molecule has 0 saturated carbocycles. The van der Waals surface area contributed by atoms with E-state index >= 15 is 0 Å². The lowest BCUT2D eigenvalue weighted by molar-refractivity contribution is -0.0907. The molecule has 0 aliphatic carbocycles. The first-order valence-corrected chi connectivity index (χ1v) is 5.43. The molecule has 2 unspecified atom stereocenters. The van der Waals surface area contributed by atoms with E-state index in [1.54, 1.807) is 0 Å². The second kappa shape index (κ2) is 4.37. The first-order valence-electron chi connectivity index (χ1n) is 4.67. The van der Waals surface area contributed by atoms with Crippen molar-refractivity contribution in [1.82, 2.24) is 0 Å². The van der Waals surface area contributed by atoms with E-state index in [0.717, 1.165) is 0 Å². The maximum Gasteiger partial charge on any atom is 0.143 e. The van der Waals surface area contributed by atoms with Gasteiger partial charge in [0, 0.05) is 0 Å². The van der Waals surface area contributed by atoms with Gasteiger partial charge in [-0.3, -0.25) is 0 Å². The van der Waals surface area contributed by atoms with Crippen LogP contribution in [0.5, 0.6) is 0 Å². The van der Waals surface area contributed by atoms with Crippen LogP contribution in [0, 0.1) is 11.8 Å². The highest BCUT2D eigenvalue weighted by molar-refractivity contribution is 6.25. The van der Waals surface area contributed by atoms with Crippen LogP contribution in [0.4, 0.5) is 0 Å². The van der Waals surface area contributed by atoms with Gasteiger partial charge in [0.25, 0.3) is 0 Å². The molecule has 0 aliphatic heterocycles. The third kappa shape index (κ3) is 4.05. The molecule has 0 rings (SSSR count). The van der Waals surface area contributed by atoms with Crippen molar-refractivity contribution in [2.45, 2.75) is 51.7 Å². The van der Waals surface area contributed by atoms with Crippen LogP contribution >= 0.6 is 23.2 Å². The van der Waals surface area contributed by atoms with E-state index in [1.165, 1.54) is 0 Å². The average Bonchev–Trinajstić information content (AvgIpc) is 1.83. The van der Waals surface area contributed by atoms with Gasteiger partial charge >= 0.3 is 0 Å². The van der Waals surface area contributed by atoms with E-state index in [4.69, 9.17) is 27.9 Å². The Morgan fingerprint density at radius 3 is 1.23 bits per heavy atom. The van der Waals surface area contributed by atoms with Gasteiger partial charge in [-0.25, -0.2) is 0 Å². The highest BCUT2D eigenvalue weighted by Crippen LogP contribution is 2.37. The van der Waals surface area contributed by atoms with Crippen LogP contribution in [-0.2, 0) is 4.74 Å². The third-order valence-electron chi connectivity index (χ3n) is 2.46. The van der Waals surface area contributed by atoms with Crippen molar-refractivity contribution in [2.24, 2.45) is 11.8 Å². The fourth-order valence-electron chi connectivity index (χ4n) is 0.626. The van der Waals surface area contributed by atoms with Crippen molar-refractivity contribution in [3.63, 3.8) is 0 Å². The molecule has 0 aromatic rings. The molecule has 0 radical (unpaired) electrons. The normalized spacial score (nSPS) is 21.7. The molecule has 0 amide bonds. The fraction of sp³-hybridized carbons (Fsp3) is 1.00. The Hall–Kier alpha value is 0.540. The molecule has 13 heavy (non-hydrogen) atoms. The van der Waals surface area contributed by atoms with Gasteiger partial charge in [0.15, 0.2) is 0 Å². The van der Waals surface area contributed by atoms with Gasteiger partial charge in [-0.2, -0.15) is 0 Å². The maximum atomic E-state index is 6.19. The molecular weight excluding hydrogens is 207 g/mol. The Labute approximate surface area is 91.7 Å². The van der Waals surface area contributed by atoms with Crippen LogP contribution in [0.15, 0.2) is 0 Å². The van der Waals surface area contributed by atoms with Gasteiger partial charge < -0.3 is 4.74 Å². The molecular formula is C10H20Cl2O. The Balaban J connectivity index is 4.42. The van der Waals surface area contributed by atoms with Gasteiger partial charge in [-0.1, -0.05) is 50.9 Å². The highest BCUT2D eigenvalue weighted by Gasteiger charge is 2.37. The van der Waals surface area contributed by atoms with Crippen molar-refractivity contribution >= 4 is 23.2 Å². The molecule has 0 N–H and O–H groups in total. The van der Waals surface area contributed by atoms with Crippen molar-refractivity contribution in [2.75, 3.05) is 0 Å². The highest BCUT2D eigenvalue weighted by atomic mass is 35.5. The van der Waals surface area contributed by atoms with Gasteiger partial charge in [0.05, 0.1) is 0 Å². The van der Waals surface area contributed by atoms with E-state index < -0.39 is 10.1 Å². The Bertz CT molecular complexity index is 144. The van der Waals surface area contributed by atoms with E-state index in [-0.39, 0.29) is 11.8 Å². The summed E-state index contributed by atoms with van der Waals surface area (Å²) in [5, 5.41) is -1.39. The zero-order chi connectivity index (χ0) is 10.9. The van der Waals surface area contributed by atoms with E-state index in [0.29, 0.717) is 0 Å². The molecule has 2 atom stereocenters. The second-order valence-corrected chi connectivity index (χ2v) is 5.88. The zero-order valence-electron chi connectivity index (χ0n) is 9.32. The SMILES string of the molecule is CC(C)C(C)(Cl)OC(C)(Cl)C(C)C. The number of rotatable bonds is 4. The predicted molar refractivity (Wildman–Crippen MR) is 59.3 cm³/mol. The number of halogens is 2. The Morgan fingerprint density at radius 1 is 0.846 bits per heavy atom. The minimum Gasteiger partial charge on any atom is -0.338 e. The molecule has 1 nitrogen and oxygen atoms in total. The number of ether oxygens (including phenoxy) is 1. The molecule has 0 aliphatic rings. The Kier molecular flexibility index (Phi) is 4.56. The van der Waals surface area contributed by atoms with Gasteiger partial charge in [-0.05, 0) is 25.7 Å². The number of hydrogen-bond donors (Lipinski definition) is 0. The summed E-state index contributed by atoms with van der Waals surface area (Å²) >= 11 is 12.4. The first-order chi connectivity index (χ1) is 5.59. The minimum atomic E-state index is -0.694. The smallest absolute Gasteiger partial charge is 0.143 e. The van der Waals surface area contributed by atoms with Crippen LogP contribution < -0.4 is 0 Å². The molecule has 0 aromatic heterocycles. The van der Waals surface area contributed by atoms with Crippen LogP contribution in [0.2, 0.25) is 0 Å². The van der Waals surface area contributed by atoms with E-state index in [9.17, 15) is 0 Å². The first kappa shape index (κ1) is 13.5. The number of alkyl halides is 2. The van der Waals surface area contributed by atoms with Crippen LogP contribution in [0.25, 0.3) is 0 Å². The van der Waals surface area contributed by atoms with Gasteiger partial charge in [0.1, 0.15) is 10.1 Å². The largest absolute Gasteiger partial charge is 0.338 e. The summed E-state index contributed by atoms with van der Waals surface area (Å²) < 4.78 is 5.68. The van der Waals surface area contributed by atoms with Crippen molar-refractivity contribution < 1.29 is 4.74 Å². The molecule has 3 heteroatoms. The average molecular weight is 227 g/mol. The fourth-order valence-corrected chi connectivity index (χ4v) is 0.986. The van der Waals surface area contributed by atoms with Gasteiger partial charge in [0.2, 0.25) is 0 Å². The second-order valence-electron chi connectivity index (χ2n) is 4.38. The zero-order valence-corrected chi connectivity index (χ0v) is 10.8. The molecule has 0 heterocycles. The van der Waals surface area contributed by atoms with E-state index in [2.05, 4.69) is 0 Å². The molecule has 0 saturated heterocycles. The van der Waals surface area contributed by atoms with Crippen molar-refractivity contribution in [3.8, 4) is 0 Å². The van der Waals surface area contributed by atoms with Crippen molar-refractivity contribution in [1.29, 1.82) is 0 Å². The molecule has 0 spiro atoms. The van der Waals surface area contributed by atoms with Crippen molar-refractivity contribution in [3.05, 3.63) is 0 Å². The van der Waals surface area contributed by atoms with Crippen LogP contribution in [0.3, 0.4) is 0 Å². The third-order valence-corrected chi connectivity index (χ3v) is 3.49.